The van der Waals surface area contributed by atoms with E-state index in [-0.39, 0.29) is 35.1 Å². The maximum absolute atomic E-state index is 5.11. The SMILES string of the molecule is C1=CC2/C3=N/C4N=C(N=c5[n-]c(c6ccccc56)=NC5=N/C(=N\C([N-]3)C2C=C1)c1ccccc15)c1ccccc14.[Cu+2]. The fourth-order valence-electron chi connectivity index (χ4n) is 6.07. The minimum Gasteiger partial charge on any atom is -0.445 e. The van der Waals surface area contributed by atoms with Gasteiger partial charge in [-0.05, 0) is 16.3 Å². The number of aromatic nitrogens is 1. The van der Waals surface area contributed by atoms with Gasteiger partial charge in [0.15, 0.2) is 5.84 Å². The van der Waals surface area contributed by atoms with Gasteiger partial charge in [-0.2, -0.15) is 0 Å². The van der Waals surface area contributed by atoms with Crippen LogP contribution >= 0.6 is 0 Å². The van der Waals surface area contributed by atoms with Crippen LogP contribution in [0.25, 0.3) is 16.1 Å². The summed E-state index contributed by atoms with van der Waals surface area (Å²) in [6, 6.07) is 24.2. The van der Waals surface area contributed by atoms with Gasteiger partial charge in [-0.15, -0.1) is 0 Å². The minimum atomic E-state index is -0.435. The van der Waals surface area contributed by atoms with E-state index < -0.39 is 6.17 Å². The Kier molecular flexibility index (Phi) is 5.38. The molecular weight excluding hydrogens is 560 g/mol. The van der Waals surface area contributed by atoms with E-state index in [0.717, 1.165) is 38.9 Å². The van der Waals surface area contributed by atoms with Gasteiger partial charge in [-0.1, -0.05) is 103 Å². The summed E-state index contributed by atoms with van der Waals surface area (Å²) in [7, 11) is 0. The maximum atomic E-state index is 5.11. The first-order chi connectivity index (χ1) is 19.8. The molecule has 0 amide bonds. The van der Waals surface area contributed by atoms with Gasteiger partial charge in [-0.3, -0.25) is 9.98 Å². The monoisotopic (exact) mass is 579 g/mol. The summed E-state index contributed by atoms with van der Waals surface area (Å²) in [4.78, 5) is 35.0. The van der Waals surface area contributed by atoms with Gasteiger partial charge in [0, 0.05) is 39.5 Å². The number of fused-ring (bicyclic) bond motifs is 18. The summed E-state index contributed by atoms with van der Waals surface area (Å²) in [5, 5.41) is 6.87. The molecule has 1 saturated heterocycles. The molecule has 4 atom stereocenters. The number of hydrogen-bond donors (Lipinski definition) is 0. The number of benzene rings is 3. The van der Waals surface area contributed by atoms with Crippen LogP contribution in [0.3, 0.4) is 0 Å². The number of allylic oxidation sites excluding steroid dienone is 2. The number of rotatable bonds is 0. The maximum Gasteiger partial charge on any atom is 2.00 e. The van der Waals surface area contributed by atoms with Crippen molar-refractivity contribution in [3.63, 3.8) is 0 Å². The van der Waals surface area contributed by atoms with Crippen LogP contribution in [0.2, 0.25) is 0 Å². The molecular formula is C32H20CuN8. The predicted octanol–water partition coefficient (Wildman–Crippen LogP) is 4.18. The van der Waals surface area contributed by atoms with E-state index in [1.54, 1.807) is 0 Å². The Bertz CT molecular complexity index is 2080. The quantitative estimate of drug-likeness (QED) is 0.287. The molecule has 41 heavy (non-hydrogen) atoms. The molecule has 4 unspecified atom stereocenters. The number of hydrogen-bond acceptors (Lipinski definition) is 6. The van der Waals surface area contributed by atoms with Crippen LogP contribution in [0.15, 0.2) is 127 Å². The molecule has 3 aromatic carbocycles. The van der Waals surface area contributed by atoms with Crippen LogP contribution in [-0.4, -0.2) is 29.5 Å². The van der Waals surface area contributed by atoms with Crippen LogP contribution in [0, 0.1) is 11.8 Å². The van der Waals surface area contributed by atoms with Crippen molar-refractivity contribution in [1.82, 2.24) is 4.98 Å². The average Bonchev–Trinajstić information content (AvgIpc) is 3.73. The van der Waals surface area contributed by atoms with Crippen LogP contribution in [0.1, 0.15) is 28.4 Å². The summed E-state index contributed by atoms with van der Waals surface area (Å²) < 4.78 is 0. The van der Waals surface area contributed by atoms with E-state index in [1.165, 1.54) is 0 Å². The van der Waals surface area contributed by atoms with Gasteiger partial charge in [-0.25, -0.2) is 4.99 Å². The molecule has 1 fully saturated rings. The second kappa shape index (κ2) is 9.16. The molecule has 5 aliphatic rings. The summed E-state index contributed by atoms with van der Waals surface area (Å²) in [5.74, 6) is 2.65. The van der Waals surface area contributed by atoms with Crippen molar-refractivity contribution in [3.05, 3.63) is 136 Å². The molecule has 9 heteroatoms. The molecule has 4 aliphatic heterocycles. The topological polar surface area (TPSA) is 102 Å². The Morgan fingerprint density at radius 1 is 0.585 bits per heavy atom. The van der Waals surface area contributed by atoms with Crippen LogP contribution < -0.4 is 16.0 Å². The van der Waals surface area contributed by atoms with Gasteiger partial charge in [0.2, 0.25) is 0 Å². The Morgan fingerprint density at radius 3 is 2.02 bits per heavy atom. The van der Waals surface area contributed by atoms with Gasteiger partial charge in [0.05, 0.1) is 24.0 Å². The molecule has 0 saturated carbocycles. The molecule has 5 heterocycles. The van der Waals surface area contributed by atoms with Crippen LogP contribution in [0.4, 0.5) is 0 Å². The zero-order chi connectivity index (χ0) is 26.2. The smallest absolute Gasteiger partial charge is 0.445 e. The van der Waals surface area contributed by atoms with Crippen molar-refractivity contribution < 1.29 is 17.1 Å². The van der Waals surface area contributed by atoms with E-state index in [4.69, 9.17) is 40.3 Å². The number of nitrogens with zero attached hydrogens (tertiary/aromatic N) is 8. The predicted molar refractivity (Wildman–Crippen MR) is 155 cm³/mol. The van der Waals surface area contributed by atoms with Crippen molar-refractivity contribution >= 4 is 34.1 Å². The molecule has 199 valence electrons. The van der Waals surface area contributed by atoms with Crippen molar-refractivity contribution in [2.45, 2.75) is 12.3 Å². The first-order valence-electron chi connectivity index (χ1n) is 13.4. The van der Waals surface area contributed by atoms with Gasteiger partial charge in [0.25, 0.3) is 0 Å². The molecule has 9 rings (SSSR count). The fraction of sp³-hybridized carbons (Fsp3) is 0.125. The van der Waals surface area contributed by atoms with Crippen LogP contribution in [0.5, 0.6) is 0 Å². The number of aliphatic imine (C=N–C) groups is 4. The van der Waals surface area contributed by atoms with Crippen LogP contribution in [-0.2, 0) is 17.1 Å². The largest absolute Gasteiger partial charge is 2.00 e. The Hall–Kier alpha value is -4.72. The third-order valence-electron chi connectivity index (χ3n) is 7.98. The molecule has 4 aromatic rings. The fourth-order valence-corrected chi connectivity index (χ4v) is 6.07. The normalized spacial score (nSPS) is 26.9. The van der Waals surface area contributed by atoms with E-state index >= 15 is 0 Å². The average molecular weight is 580 g/mol. The second-order valence-corrected chi connectivity index (χ2v) is 10.3. The van der Waals surface area contributed by atoms with Crippen molar-refractivity contribution in [1.29, 1.82) is 0 Å². The molecule has 8 bridgehead atoms. The standard InChI is InChI=1S/C32H20N8.Cu/c1-2-10-18-17(9-1)25-33-26(18)38-28-21-13-5-6-14-22(21)30(35-28)40-32-24-16-8-7-15-23(24)31(36-32)39-29-20-12-4-3-11-19(20)27(34-29)37-25;/h1-18,25,28H;/q-2;+2. The third kappa shape index (κ3) is 3.66. The second-order valence-electron chi connectivity index (χ2n) is 10.3. The Balaban J connectivity index is 0.00000256. The molecule has 1 aliphatic carbocycles. The first-order valence-corrected chi connectivity index (χ1v) is 13.4. The molecule has 1 aromatic heterocycles. The summed E-state index contributed by atoms with van der Waals surface area (Å²) >= 11 is 0. The van der Waals surface area contributed by atoms with E-state index in [0.29, 0.717) is 28.5 Å². The summed E-state index contributed by atoms with van der Waals surface area (Å²) in [6.07, 6.45) is 7.66. The van der Waals surface area contributed by atoms with Crippen molar-refractivity contribution in [2.75, 3.05) is 0 Å². The zero-order valence-corrected chi connectivity index (χ0v) is 22.4. The molecule has 8 nitrogen and oxygen atoms in total. The van der Waals surface area contributed by atoms with E-state index in [9.17, 15) is 0 Å². The van der Waals surface area contributed by atoms with Gasteiger partial charge in [0.1, 0.15) is 0 Å². The first kappa shape index (κ1) is 24.1. The summed E-state index contributed by atoms with van der Waals surface area (Å²) in [6.45, 7) is 0. The van der Waals surface area contributed by atoms with Crippen molar-refractivity contribution in [2.24, 2.45) is 41.8 Å². The Morgan fingerprint density at radius 2 is 1.22 bits per heavy atom. The van der Waals surface area contributed by atoms with Crippen molar-refractivity contribution in [3.8, 4) is 0 Å². The number of amidine groups is 4. The Labute approximate surface area is 245 Å². The third-order valence-corrected chi connectivity index (χ3v) is 7.98. The van der Waals surface area contributed by atoms with Gasteiger partial charge >= 0.3 is 17.1 Å². The zero-order valence-electron chi connectivity index (χ0n) is 21.4. The molecule has 0 N–H and O–H groups in total. The van der Waals surface area contributed by atoms with E-state index in [1.807, 2.05) is 66.7 Å². The summed E-state index contributed by atoms with van der Waals surface area (Å²) in [5.41, 5.74) is 4.98. The minimum absolute atomic E-state index is 0. The van der Waals surface area contributed by atoms with Gasteiger partial charge < -0.3 is 25.3 Å². The molecule has 1 radical (unpaired) electrons. The molecule has 0 spiro atoms. The van der Waals surface area contributed by atoms with E-state index in [2.05, 4.69) is 30.4 Å².